The number of hydrogen-bond donors (Lipinski definition) is 1. The van der Waals surface area contributed by atoms with Crippen molar-refractivity contribution in [3.63, 3.8) is 0 Å². The van der Waals surface area contributed by atoms with E-state index in [9.17, 15) is 13.2 Å². The number of sulfone groups is 1. The third kappa shape index (κ3) is 4.17. The van der Waals surface area contributed by atoms with Crippen molar-refractivity contribution in [1.29, 1.82) is 0 Å². The normalized spacial score (nSPS) is 27.7. The summed E-state index contributed by atoms with van der Waals surface area (Å²) in [6.07, 6.45) is 2.66. The molecular formula is C19H26N3O3S2+. The van der Waals surface area contributed by atoms with E-state index in [0.29, 0.717) is 18.9 Å². The number of piperidine rings is 1. The smallest absolute Gasteiger partial charge is 0.277 e. The molecule has 8 heteroatoms. The van der Waals surface area contributed by atoms with Gasteiger partial charge in [0.05, 0.1) is 39.8 Å². The summed E-state index contributed by atoms with van der Waals surface area (Å²) >= 11 is 1.79. The highest BCUT2D eigenvalue weighted by Crippen LogP contribution is 2.31. The van der Waals surface area contributed by atoms with Gasteiger partial charge in [0.25, 0.3) is 5.91 Å². The maximum absolute atomic E-state index is 12.6. The number of hydrogen-bond acceptors (Lipinski definition) is 5. The van der Waals surface area contributed by atoms with Crippen LogP contribution in [0.4, 0.5) is 0 Å². The summed E-state index contributed by atoms with van der Waals surface area (Å²) in [5.74, 6) is 0.865. The fourth-order valence-corrected chi connectivity index (χ4v) is 7.05. The first-order chi connectivity index (χ1) is 12.9. The molecule has 2 fully saturated rings. The van der Waals surface area contributed by atoms with Gasteiger partial charge in [-0.3, -0.25) is 4.79 Å². The lowest BCUT2D eigenvalue weighted by Crippen LogP contribution is -3.14. The first kappa shape index (κ1) is 18.8. The summed E-state index contributed by atoms with van der Waals surface area (Å²) in [6, 6.07) is 8.11. The number of fused-ring (bicyclic) bond motifs is 1. The van der Waals surface area contributed by atoms with Crippen molar-refractivity contribution in [3.05, 3.63) is 29.3 Å². The number of nitrogens with one attached hydrogen (secondary N) is 1. The van der Waals surface area contributed by atoms with Gasteiger partial charge in [0.15, 0.2) is 16.4 Å². The van der Waals surface area contributed by atoms with E-state index in [1.54, 1.807) is 23.3 Å². The van der Waals surface area contributed by atoms with Crippen molar-refractivity contribution >= 4 is 37.3 Å². The van der Waals surface area contributed by atoms with Crippen molar-refractivity contribution in [2.75, 3.05) is 38.2 Å². The number of nitrogens with zero attached hydrogens (tertiary/aromatic N) is 2. The number of rotatable bonds is 4. The predicted octanol–water partition coefficient (Wildman–Crippen LogP) is 0.704. The van der Waals surface area contributed by atoms with E-state index < -0.39 is 9.84 Å². The molecule has 27 heavy (non-hydrogen) atoms. The zero-order chi connectivity index (χ0) is 19.0. The van der Waals surface area contributed by atoms with E-state index in [0.717, 1.165) is 31.4 Å². The molecule has 1 aromatic carbocycles. The van der Waals surface area contributed by atoms with Crippen LogP contribution in [0, 0.1) is 0 Å². The second-order valence-corrected chi connectivity index (χ2v) is 11.1. The molecule has 1 amide bonds. The summed E-state index contributed by atoms with van der Waals surface area (Å²) in [4.78, 5) is 20.3. The standard InChI is InChI=1S/C19H25N3O3S2/c1-21(15-8-11-27(24,25)13-15)18(23)12-22-9-6-14(7-10-22)19-20-16-4-2-3-5-17(16)26-19/h2-5,14-15H,6-13H2,1H3/p+1/t15-/m1/s1. The van der Waals surface area contributed by atoms with Crippen LogP contribution < -0.4 is 4.90 Å². The molecule has 0 saturated carbocycles. The molecule has 2 aromatic rings. The molecule has 1 atom stereocenters. The van der Waals surface area contributed by atoms with Crippen LogP contribution in [0.2, 0.25) is 0 Å². The van der Waals surface area contributed by atoms with Gasteiger partial charge in [-0.05, 0) is 18.6 Å². The Labute approximate surface area is 164 Å². The molecule has 0 spiro atoms. The average Bonchev–Trinajstić information content (AvgIpc) is 3.24. The molecule has 0 bridgehead atoms. The minimum absolute atomic E-state index is 0.0607. The molecule has 3 heterocycles. The van der Waals surface area contributed by atoms with Gasteiger partial charge in [-0.15, -0.1) is 11.3 Å². The van der Waals surface area contributed by atoms with E-state index in [2.05, 4.69) is 18.2 Å². The Hall–Kier alpha value is -1.51. The quantitative estimate of drug-likeness (QED) is 0.809. The minimum atomic E-state index is -2.96. The summed E-state index contributed by atoms with van der Waals surface area (Å²) in [5.41, 5.74) is 1.08. The second-order valence-electron chi connectivity index (χ2n) is 7.78. The summed E-state index contributed by atoms with van der Waals surface area (Å²) in [5, 5.41) is 1.22. The number of benzene rings is 1. The highest BCUT2D eigenvalue weighted by molar-refractivity contribution is 7.91. The van der Waals surface area contributed by atoms with Crippen LogP contribution in [0.3, 0.4) is 0 Å². The molecule has 4 rings (SSSR count). The number of thiazole rings is 1. The minimum Gasteiger partial charge on any atom is -0.337 e. The van der Waals surface area contributed by atoms with Crippen LogP contribution in [0.1, 0.15) is 30.2 Å². The zero-order valence-corrected chi connectivity index (χ0v) is 17.2. The molecule has 1 N–H and O–H groups in total. The second kappa shape index (κ2) is 7.48. The Morgan fingerprint density at radius 2 is 2.00 bits per heavy atom. The molecule has 2 aliphatic rings. The van der Waals surface area contributed by atoms with Gasteiger partial charge in [-0.1, -0.05) is 12.1 Å². The Morgan fingerprint density at radius 1 is 1.26 bits per heavy atom. The largest absolute Gasteiger partial charge is 0.337 e. The fourth-order valence-electron chi connectivity index (χ4n) is 4.14. The molecule has 2 aliphatic heterocycles. The maximum atomic E-state index is 12.6. The van der Waals surface area contributed by atoms with Gasteiger partial charge in [-0.25, -0.2) is 13.4 Å². The van der Waals surface area contributed by atoms with Gasteiger partial charge < -0.3 is 9.80 Å². The van der Waals surface area contributed by atoms with Crippen molar-refractivity contribution < 1.29 is 18.1 Å². The Balaban J connectivity index is 1.30. The SMILES string of the molecule is CN(C(=O)C[NH+]1CCC(c2nc3ccccc3s2)CC1)[C@@H]1CCS(=O)(=O)C1. The van der Waals surface area contributed by atoms with Crippen LogP contribution in [0.15, 0.2) is 24.3 Å². The number of quaternary nitrogens is 1. The first-order valence-electron chi connectivity index (χ1n) is 9.56. The number of para-hydroxylation sites is 1. The van der Waals surface area contributed by atoms with Crippen LogP contribution in [0.25, 0.3) is 10.2 Å². The summed E-state index contributed by atoms with van der Waals surface area (Å²) < 4.78 is 24.5. The monoisotopic (exact) mass is 408 g/mol. The Kier molecular flexibility index (Phi) is 5.22. The van der Waals surface area contributed by atoms with Crippen LogP contribution in [0.5, 0.6) is 0 Å². The van der Waals surface area contributed by atoms with Gasteiger partial charge in [0, 0.05) is 31.8 Å². The molecule has 0 radical (unpaired) electrons. The third-order valence-electron chi connectivity index (χ3n) is 5.90. The average molecular weight is 409 g/mol. The van der Waals surface area contributed by atoms with Gasteiger partial charge in [0.2, 0.25) is 0 Å². The number of likely N-dealkylation sites (N-methyl/N-ethyl adjacent to an activating group) is 1. The van der Waals surface area contributed by atoms with Crippen molar-refractivity contribution in [3.8, 4) is 0 Å². The van der Waals surface area contributed by atoms with Crippen LogP contribution in [-0.2, 0) is 14.6 Å². The topological polar surface area (TPSA) is 71.8 Å². The summed E-state index contributed by atoms with van der Waals surface area (Å²) in [7, 11) is -1.21. The third-order valence-corrected chi connectivity index (χ3v) is 8.85. The van der Waals surface area contributed by atoms with E-state index in [1.165, 1.54) is 14.6 Å². The highest BCUT2D eigenvalue weighted by Gasteiger charge is 2.34. The Bertz CT molecular complexity index is 900. The van der Waals surface area contributed by atoms with Gasteiger partial charge >= 0.3 is 0 Å². The van der Waals surface area contributed by atoms with E-state index in [4.69, 9.17) is 4.98 Å². The number of carbonyl (C=O) groups is 1. The molecule has 0 unspecified atom stereocenters. The fraction of sp³-hybridized carbons (Fsp3) is 0.579. The predicted molar refractivity (Wildman–Crippen MR) is 107 cm³/mol. The van der Waals surface area contributed by atoms with Crippen molar-refractivity contribution in [1.82, 2.24) is 9.88 Å². The number of likely N-dealkylation sites (tertiary alicyclic amines) is 1. The van der Waals surface area contributed by atoms with Gasteiger partial charge in [0.1, 0.15) is 0 Å². The molecule has 6 nitrogen and oxygen atoms in total. The Morgan fingerprint density at radius 3 is 2.67 bits per heavy atom. The van der Waals surface area contributed by atoms with E-state index in [1.807, 2.05) is 6.07 Å². The van der Waals surface area contributed by atoms with Crippen molar-refractivity contribution in [2.45, 2.75) is 31.2 Å². The van der Waals surface area contributed by atoms with E-state index in [-0.39, 0.29) is 23.5 Å². The molecular weight excluding hydrogens is 382 g/mol. The molecule has 2 saturated heterocycles. The van der Waals surface area contributed by atoms with Crippen LogP contribution in [-0.4, -0.2) is 68.4 Å². The van der Waals surface area contributed by atoms with Gasteiger partial charge in [-0.2, -0.15) is 0 Å². The number of amides is 1. The number of carbonyl (C=O) groups excluding carboxylic acids is 1. The van der Waals surface area contributed by atoms with Crippen LogP contribution >= 0.6 is 11.3 Å². The zero-order valence-electron chi connectivity index (χ0n) is 15.6. The highest BCUT2D eigenvalue weighted by atomic mass is 32.2. The molecule has 1 aromatic heterocycles. The maximum Gasteiger partial charge on any atom is 0.277 e. The lowest BCUT2D eigenvalue weighted by molar-refractivity contribution is -0.897. The van der Waals surface area contributed by atoms with E-state index >= 15 is 0 Å². The number of aromatic nitrogens is 1. The first-order valence-corrected chi connectivity index (χ1v) is 12.2. The molecule has 146 valence electrons. The molecule has 0 aliphatic carbocycles. The lowest BCUT2D eigenvalue weighted by atomic mass is 9.97. The summed E-state index contributed by atoms with van der Waals surface area (Å²) in [6.45, 7) is 2.38. The lowest BCUT2D eigenvalue weighted by Gasteiger charge is -2.30. The van der Waals surface area contributed by atoms with Crippen molar-refractivity contribution in [2.24, 2.45) is 0 Å².